The van der Waals surface area contributed by atoms with Gasteiger partial charge in [-0.2, -0.15) is 0 Å². The van der Waals surface area contributed by atoms with Crippen LogP contribution in [0.1, 0.15) is 19.4 Å². The summed E-state index contributed by atoms with van der Waals surface area (Å²) in [5, 5.41) is 18.4. The van der Waals surface area contributed by atoms with E-state index < -0.39 is 18.2 Å². The number of aliphatic hydroxyl groups is 1. The van der Waals surface area contributed by atoms with Crippen LogP contribution in [-0.2, 0) is 11.2 Å². The number of nitrogens with one attached hydrogen (secondary N) is 3. The maximum Gasteiger partial charge on any atom is 0.323 e. The highest BCUT2D eigenvalue weighted by atomic mass is 16.7. The fourth-order valence-corrected chi connectivity index (χ4v) is 5.09. The Morgan fingerprint density at radius 1 is 0.955 bits per heavy atom. The Balaban J connectivity index is 1.34. The van der Waals surface area contributed by atoms with E-state index in [1.54, 1.807) is 67.4 Å². The number of hydrogen-bond acceptors (Lipinski definition) is 7. The van der Waals surface area contributed by atoms with E-state index in [9.17, 15) is 19.5 Å². The quantitative estimate of drug-likeness (QED) is 0.314. The number of benzene rings is 3. The summed E-state index contributed by atoms with van der Waals surface area (Å²) >= 11 is 0. The lowest BCUT2D eigenvalue weighted by molar-refractivity contribution is -0.134. The average molecular weight is 604 g/mol. The number of amides is 5. The maximum absolute atomic E-state index is 13.5. The molecule has 2 aliphatic heterocycles. The minimum atomic E-state index is -0.499. The Morgan fingerprint density at radius 3 is 2.39 bits per heavy atom. The van der Waals surface area contributed by atoms with Crippen molar-refractivity contribution in [3.8, 4) is 17.2 Å². The SMILES string of the molecule is C[C@H]1CN([C@@H](C)CO)C(=O)Cc2cc(NC(=O)Nc3ccccc3)ccc2O[C@@H]1CN(C)C(=O)Nc1ccc2c(c1)OCO2. The van der Waals surface area contributed by atoms with Crippen LogP contribution in [0.25, 0.3) is 0 Å². The Bertz CT molecular complexity index is 1500. The number of hydrogen-bond donors (Lipinski definition) is 4. The van der Waals surface area contributed by atoms with Gasteiger partial charge < -0.3 is 45.1 Å². The summed E-state index contributed by atoms with van der Waals surface area (Å²) in [4.78, 5) is 42.4. The molecule has 0 spiro atoms. The summed E-state index contributed by atoms with van der Waals surface area (Å²) in [5.74, 6) is 1.28. The van der Waals surface area contributed by atoms with Crippen molar-refractivity contribution in [2.45, 2.75) is 32.4 Å². The van der Waals surface area contributed by atoms with Crippen LogP contribution in [0.3, 0.4) is 0 Å². The van der Waals surface area contributed by atoms with Crippen LogP contribution < -0.4 is 30.2 Å². The van der Waals surface area contributed by atoms with Crippen LogP contribution in [0.2, 0.25) is 0 Å². The number of carbonyl (C=O) groups is 3. The molecule has 0 saturated heterocycles. The highest BCUT2D eigenvalue weighted by Gasteiger charge is 2.32. The number of rotatable bonds is 7. The standard InChI is InChI=1S/C32H37N5O7/c1-20-16-37(21(2)18-38)30(39)14-22-13-24(34-31(40)33-23-7-5-4-6-8-23)9-11-26(22)44-29(20)17-36(3)32(41)35-25-10-12-27-28(15-25)43-19-42-27/h4-13,15,20-21,29,38H,14,16-19H2,1-3H3,(H,35,41)(H2,33,34,40)/t20-,21-,29+/m0/s1. The van der Waals surface area contributed by atoms with Gasteiger partial charge in [0.25, 0.3) is 0 Å². The molecule has 2 aliphatic rings. The first kappa shape index (κ1) is 30.5. The van der Waals surface area contributed by atoms with Gasteiger partial charge in [0.2, 0.25) is 12.7 Å². The molecule has 3 aromatic carbocycles. The molecule has 0 aromatic heterocycles. The molecule has 0 radical (unpaired) electrons. The average Bonchev–Trinajstić information content (AvgIpc) is 3.49. The second kappa shape index (κ2) is 13.6. The molecule has 5 amide bonds. The van der Waals surface area contributed by atoms with Crippen molar-refractivity contribution < 1.29 is 33.7 Å². The third kappa shape index (κ3) is 7.32. The molecule has 0 fully saturated rings. The van der Waals surface area contributed by atoms with Crippen molar-refractivity contribution in [2.75, 3.05) is 49.5 Å². The number of ether oxygens (including phenoxy) is 3. The Morgan fingerprint density at radius 2 is 1.64 bits per heavy atom. The highest BCUT2D eigenvalue weighted by molar-refractivity contribution is 6.00. The minimum absolute atomic E-state index is 0.00930. The lowest BCUT2D eigenvalue weighted by Gasteiger charge is -2.34. The van der Waals surface area contributed by atoms with E-state index in [2.05, 4.69) is 16.0 Å². The molecule has 0 aliphatic carbocycles. The third-order valence-electron chi connectivity index (χ3n) is 7.63. The van der Waals surface area contributed by atoms with Crippen LogP contribution >= 0.6 is 0 Å². The summed E-state index contributed by atoms with van der Waals surface area (Å²) in [6.07, 6.45) is -0.490. The largest absolute Gasteiger partial charge is 0.488 e. The summed E-state index contributed by atoms with van der Waals surface area (Å²) in [5.41, 5.74) is 2.27. The molecule has 12 nitrogen and oxygen atoms in total. The van der Waals surface area contributed by atoms with E-state index in [1.807, 2.05) is 25.1 Å². The van der Waals surface area contributed by atoms with Crippen molar-refractivity contribution in [1.29, 1.82) is 0 Å². The molecule has 3 atom stereocenters. The predicted molar refractivity (Wildman–Crippen MR) is 165 cm³/mol. The van der Waals surface area contributed by atoms with E-state index in [0.29, 0.717) is 46.4 Å². The molecule has 3 aromatic rings. The first-order valence-electron chi connectivity index (χ1n) is 14.4. The lowest BCUT2D eigenvalue weighted by atomic mass is 10.0. The predicted octanol–water partition coefficient (Wildman–Crippen LogP) is 4.37. The van der Waals surface area contributed by atoms with Crippen LogP contribution in [-0.4, -0.2) is 78.6 Å². The summed E-state index contributed by atoms with van der Waals surface area (Å²) in [6, 6.07) is 18.2. The van der Waals surface area contributed by atoms with Crippen LogP contribution in [0.4, 0.5) is 26.7 Å². The molecular weight excluding hydrogens is 566 g/mol. The summed E-state index contributed by atoms with van der Waals surface area (Å²) in [6.45, 7) is 4.21. The number of aliphatic hydroxyl groups excluding tert-OH is 1. The van der Waals surface area contributed by atoms with E-state index in [4.69, 9.17) is 14.2 Å². The van der Waals surface area contributed by atoms with Crippen molar-refractivity contribution in [1.82, 2.24) is 9.80 Å². The van der Waals surface area contributed by atoms with E-state index in [0.717, 1.165) is 0 Å². The van der Waals surface area contributed by atoms with Gasteiger partial charge in [0.15, 0.2) is 11.5 Å². The first-order valence-corrected chi connectivity index (χ1v) is 14.4. The second-order valence-electron chi connectivity index (χ2n) is 11.0. The summed E-state index contributed by atoms with van der Waals surface area (Å²) in [7, 11) is 1.67. The normalized spacial score (nSPS) is 18.1. The molecule has 0 saturated carbocycles. The topological polar surface area (TPSA) is 142 Å². The number of anilines is 3. The van der Waals surface area contributed by atoms with Gasteiger partial charge in [0.05, 0.1) is 25.6 Å². The zero-order chi connectivity index (χ0) is 31.2. The minimum Gasteiger partial charge on any atom is -0.488 e. The van der Waals surface area contributed by atoms with Crippen LogP contribution in [0.15, 0.2) is 66.7 Å². The van der Waals surface area contributed by atoms with Crippen LogP contribution in [0.5, 0.6) is 17.2 Å². The number of nitrogens with zero attached hydrogens (tertiary/aromatic N) is 2. The fraction of sp³-hybridized carbons (Fsp3) is 0.344. The van der Waals surface area contributed by atoms with Crippen molar-refractivity contribution in [3.05, 3.63) is 72.3 Å². The molecular formula is C32H37N5O7. The first-order chi connectivity index (χ1) is 21.2. The van der Waals surface area contributed by atoms with Crippen molar-refractivity contribution in [2.24, 2.45) is 5.92 Å². The Labute approximate surface area is 255 Å². The van der Waals surface area contributed by atoms with Gasteiger partial charge in [0.1, 0.15) is 11.9 Å². The number of likely N-dealkylation sites (N-methyl/N-ethyl adjacent to an activating group) is 1. The van der Waals surface area contributed by atoms with Gasteiger partial charge in [-0.15, -0.1) is 0 Å². The zero-order valence-corrected chi connectivity index (χ0v) is 24.9. The van der Waals surface area contributed by atoms with Gasteiger partial charge in [-0.3, -0.25) is 4.79 Å². The van der Waals surface area contributed by atoms with Gasteiger partial charge in [0, 0.05) is 48.2 Å². The molecule has 12 heteroatoms. The number of carbonyl (C=O) groups excluding carboxylic acids is 3. The van der Waals surface area contributed by atoms with Gasteiger partial charge in [-0.05, 0) is 49.4 Å². The van der Waals surface area contributed by atoms with E-state index in [-0.39, 0.29) is 44.2 Å². The van der Waals surface area contributed by atoms with Gasteiger partial charge in [-0.1, -0.05) is 25.1 Å². The highest BCUT2D eigenvalue weighted by Crippen LogP contribution is 2.34. The van der Waals surface area contributed by atoms with E-state index in [1.165, 1.54) is 4.90 Å². The van der Waals surface area contributed by atoms with Crippen molar-refractivity contribution in [3.63, 3.8) is 0 Å². The number of urea groups is 2. The molecule has 0 bridgehead atoms. The van der Waals surface area contributed by atoms with Crippen LogP contribution in [0, 0.1) is 5.92 Å². The monoisotopic (exact) mass is 603 g/mol. The smallest absolute Gasteiger partial charge is 0.323 e. The van der Waals surface area contributed by atoms with Crippen molar-refractivity contribution >= 4 is 35.0 Å². The molecule has 5 rings (SSSR count). The number of fused-ring (bicyclic) bond motifs is 2. The number of para-hydroxylation sites is 1. The maximum atomic E-state index is 13.5. The second-order valence-corrected chi connectivity index (χ2v) is 11.0. The molecule has 4 N–H and O–H groups in total. The fourth-order valence-electron chi connectivity index (χ4n) is 5.09. The summed E-state index contributed by atoms with van der Waals surface area (Å²) < 4.78 is 17.2. The molecule has 232 valence electrons. The van der Waals surface area contributed by atoms with Gasteiger partial charge in [-0.25, -0.2) is 9.59 Å². The third-order valence-corrected chi connectivity index (χ3v) is 7.63. The lowest BCUT2D eigenvalue weighted by Crippen LogP contribution is -2.48. The Kier molecular flexibility index (Phi) is 9.39. The molecule has 44 heavy (non-hydrogen) atoms. The molecule has 2 heterocycles. The van der Waals surface area contributed by atoms with E-state index >= 15 is 0 Å². The van der Waals surface area contributed by atoms with Gasteiger partial charge >= 0.3 is 12.1 Å². The molecule has 0 unspecified atom stereocenters. The Hall–Kier alpha value is -4.97. The zero-order valence-electron chi connectivity index (χ0n) is 24.9.